The van der Waals surface area contributed by atoms with Crippen LogP contribution in [0.15, 0.2) is 30.3 Å². The fourth-order valence-electron chi connectivity index (χ4n) is 1.78. The number of aromatic nitrogens is 1. The number of nitrogens with zero attached hydrogens (tertiary/aromatic N) is 1. The van der Waals surface area contributed by atoms with Crippen molar-refractivity contribution in [2.45, 2.75) is 6.04 Å². The molecule has 6 nitrogen and oxygen atoms in total. The van der Waals surface area contributed by atoms with E-state index in [0.717, 1.165) is 0 Å². The highest BCUT2D eigenvalue weighted by molar-refractivity contribution is 6.02. The van der Waals surface area contributed by atoms with Crippen LogP contribution < -0.4 is 5.32 Å². The quantitative estimate of drug-likeness (QED) is 0.632. The van der Waals surface area contributed by atoms with Gasteiger partial charge < -0.3 is 20.6 Å². The first kappa shape index (κ1) is 13.3. The first-order chi connectivity index (χ1) is 9.15. The van der Waals surface area contributed by atoms with E-state index in [0.29, 0.717) is 16.7 Å². The van der Waals surface area contributed by atoms with Crippen molar-refractivity contribution in [3.05, 3.63) is 35.9 Å². The molecular formula is C13H14N2O4. The van der Waals surface area contributed by atoms with E-state index in [1.165, 1.54) is 6.07 Å². The number of benzene rings is 1. The van der Waals surface area contributed by atoms with Crippen LogP contribution in [0, 0.1) is 0 Å². The van der Waals surface area contributed by atoms with E-state index < -0.39 is 12.0 Å². The molecule has 0 aliphatic rings. The predicted octanol–water partition coefficient (Wildman–Crippen LogP) is 0.698. The van der Waals surface area contributed by atoms with Crippen LogP contribution in [0.4, 0.5) is 5.82 Å². The van der Waals surface area contributed by atoms with Gasteiger partial charge in [-0.25, -0.2) is 9.78 Å². The van der Waals surface area contributed by atoms with Crippen LogP contribution in [0.2, 0.25) is 0 Å². The number of aliphatic hydroxyl groups excluding tert-OH is 2. The molecule has 0 unspecified atom stereocenters. The van der Waals surface area contributed by atoms with Gasteiger partial charge in [-0.2, -0.15) is 0 Å². The van der Waals surface area contributed by atoms with Gasteiger partial charge in [-0.3, -0.25) is 0 Å². The Morgan fingerprint density at radius 2 is 1.95 bits per heavy atom. The van der Waals surface area contributed by atoms with E-state index >= 15 is 0 Å². The van der Waals surface area contributed by atoms with Crippen molar-refractivity contribution in [3.8, 4) is 0 Å². The molecule has 2 aromatic rings. The zero-order valence-corrected chi connectivity index (χ0v) is 10.1. The lowest BCUT2D eigenvalue weighted by molar-refractivity contribution is 0.0699. The van der Waals surface area contributed by atoms with Gasteiger partial charge in [0.15, 0.2) is 0 Å². The molecule has 0 aliphatic heterocycles. The Hall–Kier alpha value is -2.18. The highest BCUT2D eigenvalue weighted by Crippen LogP contribution is 2.19. The summed E-state index contributed by atoms with van der Waals surface area (Å²) in [5, 5.41) is 30.5. The highest BCUT2D eigenvalue weighted by Gasteiger charge is 2.10. The Balaban J connectivity index is 2.39. The lowest BCUT2D eigenvalue weighted by Crippen LogP contribution is -2.28. The summed E-state index contributed by atoms with van der Waals surface area (Å²) in [7, 11) is 0. The third kappa shape index (κ3) is 2.81. The second-order valence-electron chi connectivity index (χ2n) is 4.08. The highest BCUT2D eigenvalue weighted by atomic mass is 16.4. The first-order valence-electron chi connectivity index (χ1n) is 5.77. The van der Waals surface area contributed by atoms with Crippen molar-refractivity contribution in [1.29, 1.82) is 0 Å². The minimum atomic E-state index is -1.00. The second kappa shape index (κ2) is 5.64. The van der Waals surface area contributed by atoms with Gasteiger partial charge in [-0.15, -0.1) is 0 Å². The molecule has 0 saturated carbocycles. The van der Waals surface area contributed by atoms with Crippen LogP contribution in [-0.2, 0) is 0 Å². The molecular weight excluding hydrogens is 248 g/mol. The number of aromatic carboxylic acids is 1. The number of anilines is 1. The largest absolute Gasteiger partial charge is 0.478 e. The van der Waals surface area contributed by atoms with E-state index in [2.05, 4.69) is 10.3 Å². The van der Waals surface area contributed by atoms with E-state index in [-0.39, 0.29) is 18.8 Å². The number of hydrogen-bond acceptors (Lipinski definition) is 5. The van der Waals surface area contributed by atoms with E-state index in [1.807, 2.05) is 0 Å². The number of aliphatic hydroxyl groups is 2. The number of fused-ring (bicyclic) bond motifs is 1. The summed E-state index contributed by atoms with van der Waals surface area (Å²) in [5.74, 6) is -0.528. The molecule has 19 heavy (non-hydrogen) atoms. The molecule has 1 heterocycles. The Bertz CT molecular complexity index is 596. The van der Waals surface area contributed by atoms with Gasteiger partial charge in [0, 0.05) is 5.39 Å². The molecule has 0 radical (unpaired) electrons. The molecule has 0 atom stereocenters. The van der Waals surface area contributed by atoms with Gasteiger partial charge in [-0.1, -0.05) is 6.07 Å². The van der Waals surface area contributed by atoms with Crippen LogP contribution in [0.1, 0.15) is 10.4 Å². The zero-order chi connectivity index (χ0) is 13.8. The number of nitrogens with one attached hydrogen (secondary N) is 1. The van der Waals surface area contributed by atoms with E-state index in [1.54, 1.807) is 24.3 Å². The first-order valence-corrected chi connectivity index (χ1v) is 5.77. The number of carboxylic acid groups (broad SMARTS) is 1. The van der Waals surface area contributed by atoms with Gasteiger partial charge in [0.05, 0.1) is 30.3 Å². The Morgan fingerprint density at radius 1 is 1.21 bits per heavy atom. The van der Waals surface area contributed by atoms with Crippen LogP contribution in [0.3, 0.4) is 0 Å². The van der Waals surface area contributed by atoms with Gasteiger partial charge >= 0.3 is 5.97 Å². The van der Waals surface area contributed by atoms with Crippen molar-refractivity contribution in [3.63, 3.8) is 0 Å². The summed E-state index contributed by atoms with van der Waals surface area (Å²) in [4.78, 5) is 15.3. The molecule has 0 amide bonds. The van der Waals surface area contributed by atoms with Crippen LogP contribution in [0.5, 0.6) is 0 Å². The van der Waals surface area contributed by atoms with Gasteiger partial charge in [0.1, 0.15) is 5.82 Å². The molecule has 4 N–H and O–H groups in total. The minimum Gasteiger partial charge on any atom is -0.478 e. The molecule has 2 rings (SSSR count). The van der Waals surface area contributed by atoms with Gasteiger partial charge in [0.2, 0.25) is 0 Å². The maximum absolute atomic E-state index is 11.1. The molecule has 0 fully saturated rings. The topological polar surface area (TPSA) is 103 Å². The third-order valence-electron chi connectivity index (χ3n) is 2.76. The Labute approximate surface area is 109 Å². The van der Waals surface area contributed by atoms with Crippen LogP contribution in [-0.4, -0.2) is 45.5 Å². The molecule has 0 bridgehead atoms. The average Bonchev–Trinajstić information content (AvgIpc) is 2.43. The summed E-state index contributed by atoms with van der Waals surface area (Å²) < 4.78 is 0. The number of hydrogen-bond donors (Lipinski definition) is 4. The normalized spacial score (nSPS) is 10.9. The standard InChI is InChI=1S/C13H14N2O4/c16-6-8(7-17)14-12-5-4-9-10(13(18)19)2-1-3-11(9)15-12/h1-5,8,16-17H,6-7H2,(H,14,15)(H,18,19). The van der Waals surface area contributed by atoms with Gasteiger partial charge in [0.25, 0.3) is 0 Å². The van der Waals surface area contributed by atoms with Crippen molar-refractivity contribution in [2.24, 2.45) is 0 Å². The van der Waals surface area contributed by atoms with Crippen molar-refractivity contribution in [1.82, 2.24) is 4.98 Å². The number of rotatable bonds is 5. The lowest BCUT2D eigenvalue weighted by atomic mass is 10.1. The smallest absolute Gasteiger partial charge is 0.336 e. The second-order valence-corrected chi connectivity index (χ2v) is 4.08. The fraction of sp³-hybridized carbons (Fsp3) is 0.231. The summed E-state index contributed by atoms with van der Waals surface area (Å²) >= 11 is 0. The number of pyridine rings is 1. The number of carbonyl (C=O) groups is 1. The average molecular weight is 262 g/mol. The Morgan fingerprint density at radius 3 is 2.58 bits per heavy atom. The van der Waals surface area contributed by atoms with E-state index in [9.17, 15) is 4.79 Å². The van der Waals surface area contributed by atoms with Gasteiger partial charge in [-0.05, 0) is 24.3 Å². The van der Waals surface area contributed by atoms with Crippen molar-refractivity contribution >= 4 is 22.7 Å². The molecule has 1 aromatic heterocycles. The van der Waals surface area contributed by atoms with Crippen LogP contribution in [0.25, 0.3) is 10.9 Å². The minimum absolute atomic E-state index is 0.192. The van der Waals surface area contributed by atoms with E-state index in [4.69, 9.17) is 15.3 Å². The molecule has 6 heteroatoms. The van der Waals surface area contributed by atoms with Crippen molar-refractivity contribution < 1.29 is 20.1 Å². The maximum Gasteiger partial charge on any atom is 0.336 e. The summed E-state index contributed by atoms with van der Waals surface area (Å²) in [6.07, 6.45) is 0. The SMILES string of the molecule is O=C(O)c1cccc2nc(NC(CO)CO)ccc12. The summed E-state index contributed by atoms with van der Waals surface area (Å²) in [6.45, 7) is -0.434. The Kier molecular flexibility index (Phi) is 3.94. The summed E-state index contributed by atoms with van der Waals surface area (Å²) in [5.41, 5.74) is 0.733. The monoisotopic (exact) mass is 262 g/mol. The molecule has 0 spiro atoms. The van der Waals surface area contributed by atoms with Crippen LogP contribution >= 0.6 is 0 Å². The third-order valence-corrected chi connectivity index (χ3v) is 2.76. The summed E-state index contributed by atoms with van der Waals surface area (Å²) in [6, 6.07) is 7.63. The number of carboxylic acids is 1. The maximum atomic E-state index is 11.1. The molecule has 100 valence electrons. The molecule has 0 saturated heterocycles. The molecule has 0 aliphatic carbocycles. The fourth-order valence-corrected chi connectivity index (χ4v) is 1.78. The zero-order valence-electron chi connectivity index (χ0n) is 10.1. The molecule has 1 aromatic carbocycles. The lowest BCUT2D eigenvalue weighted by Gasteiger charge is -2.14. The van der Waals surface area contributed by atoms with Crippen molar-refractivity contribution in [2.75, 3.05) is 18.5 Å². The predicted molar refractivity (Wildman–Crippen MR) is 70.3 cm³/mol.